The molecular formula is C13H22O4S. The Morgan fingerprint density at radius 2 is 2.22 bits per heavy atom. The van der Waals surface area contributed by atoms with Gasteiger partial charge < -0.3 is 19.3 Å². The molecule has 3 rings (SSSR count). The van der Waals surface area contributed by atoms with Crippen molar-refractivity contribution in [3.8, 4) is 0 Å². The summed E-state index contributed by atoms with van der Waals surface area (Å²) in [6, 6.07) is 0. The second kappa shape index (κ2) is 5.67. The number of aliphatic hydroxyl groups is 1. The highest BCUT2D eigenvalue weighted by Gasteiger charge is 2.44. The second-order valence-corrected chi connectivity index (χ2v) is 6.67. The van der Waals surface area contributed by atoms with E-state index < -0.39 is 6.10 Å². The standard InChI is InChI=1S/C13H22O4S/c14-12(11-8-15-4-5-16-11)10-1-3-17-13(7-10)2-6-18-9-13/h10-12,14H,1-9H2. The van der Waals surface area contributed by atoms with Gasteiger partial charge in [0, 0.05) is 12.4 Å². The van der Waals surface area contributed by atoms with Crippen LogP contribution in [0.3, 0.4) is 0 Å². The van der Waals surface area contributed by atoms with E-state index in [9.17, 15) is 5.11 Å². The van der Waals surface area contributed by atoms with Gasteiger partial charge >= 0.3 is 0 Å². The van der Waals surface area contributed by atoms with E-state index in [1.165, 1.54) is 5.75 Å². The summed E-state index contributed by atoms with van der Waals surface area (Å²) in [4.78, 5) is 0. The van der Waals surface area contributed by atoms with E-state index in [1.807, 2.05) is 11.8 Å². The number of hydrogen-bond donors (Lipinski definition) is 1. The third-order valence-corrected chi connectivity index (χ3v) is 5.53. The molecule has 1 spiro atoms. The molecule has 0 bridgehead atoms. The number of aliphatic hydroxyl groups excluding tert-OH is 1. The summed E-state index contributed by atoms with van der Waals surface area (Å²) < 4.78 is 17.0. The van der Waals surface area contributed by atoms with Crippen LogP contribution < -0.4 is 0 Å². The SMILES string of the molecule is OC(C1CCOC2(CCSC2)C1)C1COCCO1. The molecule has 1 N–H and O–H groups in total. The first-order valence-corrected chi connectivity index (χ1v) is 8.04. The minimum Gasteiger partial charge on any atom is -0.390 e. The van der Waals surface area contributed by atoms with Gasteiger partial charge in [0.15, 0.2) is 0 Å². The molecule has 0 aromatic carbocycles. The summed E-state index contributed by atoms with van der Waals surface area (Å²) in [7, 11) is 0. The van der Waals surface area contributed by atoms with Crippen molar-refractivity contribution >= 4 is 11.8 Å². The van der Waals surface area contributed by atoms with Crippen molar-refractivity contribution in [2.45, 2.75) is 37.1 Å². The smallest absolute Gasteiger partial charge is 0.107 e. The summed E-state index contributed by atoms with van der Waals surface area (Å²) in [6.45, 7) is 2.56. The first kappa shape index (κ1) is 13.2. The van der Waals surface area contributed by atoms with Crippen molar-refractivity contribution in [1.29, 1.82) is 0 Å². The molecule has 0 aromatic rings. The molecule has 18 heavy (non-hydrogen) atoms. The quantitative estimate of drug-likeness (QED) is 0.816. The van der Waals surface area contributed by atoms with Gasteiger partial charge in [0.2, 0.25) is 0 Å². The Balaban J connectivity index is 1.60. The number of rotatable bonds is 2. The molecule has 3 fully saturated rings. The van der Waals surface area contributed by atoms with Gasteiger partial charge in [-0.05, 0) is 30.9 Å². The van der Waals surface area contributed by atoms with Crippen molar-refractivity contribution in [3.63, 3.8) is 0 Å². The van der Waals surface area contributed by atoms with Crippen LogP contribution in [0.4, 0.5) is 0 Å². The summed E-state index contributed by atoms with van der Waals surface area (Å²) in [5.74, 6) is 2.56. The lowest BCUT2D eigenvalue weighted by molar-refractivity contribution is -0.167. The van der Waals surface area contributed by atoms with Crippen molar-refractivity contribution in [1.82, 2.24) is 0 Å². The zero-order valence-corrected chi connectivity index (χ0v) is 11.5. The Kier molecular flexibility index (Phi) is 4.15. The molecule has 0 radical (unpaired) electrons. The van der Waals surface area contributed by atoms with Gasteiger partial charge in [0.25, 0.3) is 0 Å². The highest BCUT2D eigenvalue weighted by atomic mass is 32.2. The highest BCUT2D eigenvalue weighted by molar-refractivity contribution is 7.99. The molecule has 0 saturated carbocycles. The van der Waals surface area contributed by atoms with E-state index in [4.69, 9.17) is 14.2 Å². The van der Waals surface area contributed by atoms with Gasteiger partial charge in [0.05, 0.1) is 31.5 Å². The van der Waals surface area contributed by atoms with Gasteiger partial charge in [-0.3, -0.25) is 0 Å². The minimum atomic E-state index is -0.406. The lowest BCUT2D eigenvalue weighted by Crippen LogP contribution is -2.48. The molecule has 3 heterocycles. The van der Waals surface area contributed by atoms with Crippen LogP contribution in [0.5, 0.6) is 0 Å². The largest absolute Gasteiger partial charge is 0.390 e. The first-order chi connectivity index (χ1) is 8.79. The number of ether oxygens (including phenoxy) is 3. The fourth-order valence-corrected chi connectivity index (χ4v) is 4.61. The Labute approximate surface area is 112 Å². The third-order valence-electron chi connectivity index (χ3n) is 4.30. The molecule has 4 atom stereocenters. The van der Waals surface area contributed by atoms with Gasteiger partial charge in [0.1, 0.15) is 6.10 Å². The molecular weight excluding hydrogens is 252 g/mol. The van der Waals surface area contributed by atoms with Gasteiger partial charge in [-0.2, -0.15) is 11.8 Å². The van der Waals surface area contributed by atoms with Gasteiger partial charge in [-0.15, -0.1) is 0 Å². The molecule has 4 unspecified atom stereocenters. The summed E-state index contributed by atoms with van der Waals surface area (Å²) in [5, 5.41) is 10.5. The highest BCUT2D eigenvalue weighted by Crippen LogP contribution is 2.41. The predicted molar refractivity (Wildman–Crippen MR) is 69.9 cm³/mol. The maximum absolute atomic E-state index is 10.5. The molecule has 0 amide bonds. The molecule has 104 valence electrons. The third kappa shape index (κ3) is 2.70. The molecule has 4 nitrogen and oxygen atoms in total. The van der Waals surface area contributed by atoms with Crippen LogP contribution in [0.25, 0.3) is 0 Å². The van der Waals surface area contributed by atoms with Crippen LogP contribution in [-0.4, -0.2) is 60.8 Å². The zero-order valence-electron chi connectivity index (χ0n) is 10.7. The van der Waals surface area contributed by atoms with Crippen LogP contribution in [-0.2, 0) is 14.2 Å². The van der Waals surface area contributed by atoms with E-state index >= 15 is 0 Å². The van der Waals surface area contributed by atoms with Crippen LogP contribution in [0, 0.1) is 5.92 Å². The fraction of sp³-hybridized carbons (Fsp3) is 1.00. The van der Waals surface area contributed by atoms with Crippen molar-refractivity contribution in [2.75, 3.05) is 37.9 Å². The number of thioether (sulfide) groups is 1. The molecule has 0 aromatic heterocycles. The Morgan fingerprint density at radius 3 is 2.94 bits per heavy atom. The normalized spacial score (nSPS) is 43.2. The monoisotopic (exact) mass is 274 g/mol. The lowest BCUT2D eigenvalue weighted by atomic mass is 9.81. The fourth-order valence-electron chi connectivity index (χ4n) is 3.23. The Bertz CT molecular complexity index is 274. The van der Waals surface area contributed by atoms with Crippen LogP contribution in [0.15, 0.2) is 0 Å². The van der Waals surface area contributed by atoms with E-state index in [0.717, 1.165) is 31.6 Å². The second-order valence-electron chi connectivity index (χ2n) is 5.56. The van der Waals surface area contributed by atoms with Crippen molar-refractivity contribution < 1.29 is 19.3 Å². The van der Waals surface area contributed by atoms with Gasteiger partial charge in [-0.25, -0.2) is 0 Å². The summed E-state index contributed by atoms with van der Waals surface area (Å²) in [5.41, 5.74) is 0.0318. The zero-order chi connectivity index (χ0) is 12.4. The number of hydrogen-bond acceptors (Lipinski definition) is 5. The van der Waals surface area contributed by atoms with Gasteiger partial charge in [-0.1, -0.05) is 0 Å². The maximum atomic E-state index is 10.5. The van der Waals surface area contributed by atoms with Crippen LogP contribution in [0.1, 0.15) is 19.3 Å². The summed E-state index contributed by atoms with van der Waals surface area (Å²) in [6.07, 6.45) is 2.49. The minimum absolute atomic E-state index is 0.0318. The van der Waals surface area contributed by atoms with E-state index in [0.29, 0.717) is 25.7 Å². The first-order valence-electron chi connectivity index (χ1n) is 6.88. The maximum Gasteiger partial charge on any atom is 0.107 e. The van der Waals surface area contributed by atoms with Crippen LogP contribution in [0.2, 0.25) is 0 Å². The average Bonchev–Trinajstić information content (AvgIpc) is 2.87. The topological polar surface area (TPSA) is 47.9 Å². The Morgan fingerprint density at radius 1 is 1.28 bits per heavy atom. The molecule has 3 aliphatic rings. The average molecular weight is 274 g/mol. The Hall–Kier alpha value is 0.190. The van der Waals surface area contributed by atoms with Crippen LogP contribution >= 0.6 is 11.8 Å². The lowest BCUT2D eigenvalue weighted by Gasteiger charge is -2.41. The van der Waals surface area contributed by atoms with E-state index in [-0.39, 0.29) is 11.7 Å². The molecule has 5 heteroatoms. The molecule has 3 saturated heterocycles. The molecule has 3 aliphatic heterocycles. The van der Waals surface area contributed by atoms with E-state index in [2.05, 4.69) is 0 Å². The van der Waals surface area contributed by atoms with Crippen molar-refractivity contribution in [3.05, 3.63) is 0 Å². The predicted octanol–water partition coefficient (Wildman–Crippen LogP) is 1.06. The molecule has 0 aliphatic carbocycles. The van der Waals surface area contributed by atoms with E-state index in [1.54, 1.807) is 0 Å². The van der Waals surface area contributed by atoms with Crippen molar-refractivity contribution in [2.24, 2.45) is 5.92 Å². The summed E-state index contributed by atoms with van der Waals surface area (Å²) >= 11 is 1.97.